The fourth-order valence-electron chi connectivity index (χ4n) is 4.05. The smallest absolute Gasteiger partial charge is 0.274 e. The SMILES string of the molecule is COC[C@@H]1C[C@@H](NC(=O)c2ccc(Cl)s2)CN1C(=O)c1cn2c(n1)CNC(C)CC2. The van der Waals surface area contributed by atoms with Gasteiger partial charge in [-0.3, -0.25) is 9.59 Å². The number of amides is 2. The number of thiophene rings is 1. The Hall–Kier alpha value is -1.94. The molecule has 0 bridgehead atoms. The molecule has 0 radical (unpaired) electrons. The average molecular weight is 452 g/mol. The highest BCUT2D eigenvalue weighted by molar-refractivity contribution is 7.18. The Morgan fingerprint density at radius 1 is 1.43 bits per heavy atom. The number of fused-ring (bicyclic) bond motifs is 1. The van der Waals surface area contributed by atoms with Gasteiger partial charge < -0.3 is 24.8 Å². The van der Waals surface area contributed by atoms with Crippen LogP contribution in [0.15, 0.2) is 18.3 Å². The zero-order valence-electron chi connectivity index (χ0n) is 17.1. The van der Waals surface area contributed by atoms with Crippen LogP contribution in [0.25, 0.3) is 0 Å². The molecule has 1 unspecified atom stereocenters. The largest absolute Gasteiger partial charge is 0.383 e. The molecule has 10 heteroatoms. The van der Waals surface area contributed by atoms with E-state index in [2.05, 4.69) is 27.1 Å². The van der Waals surface area contributed by atoms with Crippen molar-refractivity contribution in [2.45, 2.75) is 51.0 Å². The topological polar surface area (TPSA) is 88.5 Å². The second-order valence-corrected chi connectivity index (χ2v) is 9.60. The van der Waals surface area contributed by atoms with Gasteiger partial charge in [0.15, 0.2) is 0 Å². The summed E-state index contributed by atoms with van der Waals surface area (Å²) in [6.45, 7) is 4.48. The van der Waals surface area contributed by atoms with Crippen LogP contribution in [0.2, 0.25) is 4.34 Å². The van der Waals surface area contributed by atoms with E-state index in [4.69, 9.17) is 16.3 Å². The van der Waals surface area contributed by atoms with Gasteiger partial charge in [0, 0.05) is 38.5 Å². The molecular formula is C20H26ClN5O3S. The van der Waals surface area contributed by atoms with Crippen molar-refractivity contribution < 1.29 is 14.3 Å². The molecule has 4 rings (SSSR count). The minimum absolute atomic E-state index is 0.112. The Labute approximate surface area is 184 Å². The number of ether oxygens (including phenoxy) is 1. The number of nitrogens with zero attached hydrogens (tertiary/aromatic N) is 3. The summed E-state index contributed by atoms with van der Waals surface area (Å²) in [5, 5.41) is 6.44. The summed E-state index contributed by atoms with van der Waals surface area (Å²) in [5.41, 5.74) is 0.444. The van der Waals surface area contributed by atoms with Crippen molar-refractivity contribution >= 4 is 34.8 Å². The van der Waals surface area contributed by atoms with Crippen LogP contribution in [-0.2, 0) is 17.8 Å². The highest BCUT2D eigenvalue weighted by Gasteiger charge is 2.37. The van der Waals surface area contributed by atoms with Crippen molar-refractivity contribution in [3.63, 3.8) is 0 Å². The van der Waals surface area contributed by atoms with Crippen LogP contribution in [-0.4, -0.2) is 64.7 Å². The molecule has 4 heterocycles. The molecule has 8 nitrogen and oxygen atoms in total. The van der Waals surface area contributed by atoms with E-state index < -0.39 is 0 Å². The zero-order valence-corrected chi connectivity index (χ0v) is 18.6. The quantitative estimate of drug-likeness (QED) is 0.727. The standard InChI is InChI=1S/C20H26ClN5O3S/c1-12-5-6-25-10-15(24-18(25)8-22-12)20(28)26-9-13(7-14(26)11-29-2)23-19(27)16-3-4-17(21)30-16/h3-4,10,12-14,22H,5-9,11H2,1-2H3,(H,23,27)/t12?,13-,14+/m1/s1. The van der Waals surface area contributed by atoms with Crippen molar-refractivity contribution in [3.05, 3.63) is 39.1 Å². The van der Waals surface area contributed by atoms with Crippen molar-refractivity contribution in [2.75, 3.05) is 20.3 Å². The average Bonchev–Trinajstić information content (AvgIpc) is 3.41. The third-order valence-electron chi connectivity index (χ3n) is 5.66. The predicted octanol–water partition coefficient (Wildman–Crippen LogP) is 2.14. The number of hydrogen-bond acceptors (Lipinski definition) is 6. The van der Waals surface area contributed by atoms with Crippen LogP contribution in [0.1, 0.15) is 45.7 Å². The molecule has 0 spiro atoms. The van der Waals surface area contributed by atoms with Crippen LogP contribution >= 0.6 is 22.9 Å². The maximum absolute atomic E-state index is 13.3. The second-order valence-electron chi connectivity index (χ2n) is 7.88. The van der Waals surface area contributed by atoms with Gasteiger partial charge in [-0.05, 0) is 31.9 Å². The van der Waals surface area contributed by atoms with Gasteiger partial charge in [-0.1, -0.05) is 11.6 Å². The number of likely N-dealkylation sites (tertiary alicyclic amines) is 1. The van der Waals surface area contributed by atoms with Crippen LogP contribution in [0.4, 0.5) is 0 Å². The summed E-state index contributed by atoms with van der Waals surface area (Å²) in [6.07, 6.45) is 3.48. The third-order valence-corrected chi connectivity index (χ3v) is 6.89. The number of nitrogens with one attached hydrogen (secondary N) is 2. The van der Waals surface area contributed by atoms with Crippen LogP contribution < -0.4 is 10.6 Å². The molecule has 2 N–H and O–H groups in total. The van der Waals surface area contributed by atoms with E-state index in [1.54, 1.807) is 24.1 Å². The van der Waals surface area contributed by atoms with E-state index in [1.165, 1.54) is 11.3 Å². The first kappa shape index (κ1) is 21.3. The lowest BCUT2D eigenvalue weighted by Gasteiger charge is -2.23. The normalized spacial score (nSPS) is 23.8. The molecule has 2 amide bonds. The number of imidazole rings is 1. The van der Waals surface area contributed by atoms with E-state index in [0.29, 0.717) is 47.1 Å². The number of carbonyl (C=O) groups is 2. The number of methoxy groups -OCH3 is 1. The van der Waals surface area contributed by atoms with Gasteiger partial charge >= 0.3 is 0 Å². The number of halogens is 1. The first-order valence-corrected chi connectivity index (χ1v) is 11.3. The van der Waals surface area contributed by atoms with E-state index in [-0.39, 0.29) is 23.9 Å². The molecule has 2 aliphatic heterocycles. The monoisotopic (exact) mass is 451 g/mol. The molecule has 1 saturated heterocycles. The molecule has 1 fully saturated rings. The predicted molar refractivity (Wildman–Crippen MR) is 115 cm³/mol. The summed E-state index contributed by atoms with van der Waals surface area (Å²) in [5.74, 6) is 0.586. The lowest BCUT2D eigenvalue weighted by molar-refractivity contribution is 0.0623. The molecule has 0 aromatic carbocycles. The lowest BCUT2D eigenvalue weighted by Crippen LogP contribution is -2.40. The molecule has 3 atom stereocenters. The lowest BCUT2D eigenvalue weighted by atomic mass is 10.2. The second kappa shape index (κ2) is 9.05. The summed E-state index contributed by atoms with van der Waals surface area (Å²) < 4.78 is 7.97. The van der Waals surface area contributed by atoms with Crippen LogP contribution in [0, 0.1) is 0 Å². The number of carbonyl (C=O) groups excluding carboxylic acids is 2. The highest BCUT2D eigenvalue weighted by Crippen LogP contribution is 2.24. The Morgan fingerprint density at radius 3 is 3.00 bits per heavy atom. The molecular weight excluding hydrogens is 426 g/mol. The zero-order chi connectivity index (χ0) is 21.3. The number of aromatic nitrogens is 2. The first-order chi connectivity index (χ1) is 14.4. The number of rotatable bonds is 5. The first-order valence-electron chi connectivity index (χ1n) is 10.1. The van der Waals surface area contributed by atoms with E-state index in [9.17, 15) is 9.59 Å². The Balaban J connectivity index is 1.46. The summed E-state index contributed by atoms with van der Waals surface area (Å²) in [4.78, 5) is 32.7. The summed E-state index contributed by atoms with van der Waals surface area (Å²) >= 11 is 7.18. The van der Waals surface area contributed by atoms with Crippen LogP contribution in [0.3, 0.4) is 0 Å². The Bertz CT molecular complexity index is 904. The molecule has 2 aromatic rings. The van der Waals surface area contributed by atoms with Gasteiger partial charge in [0.25, 0.3) is 11.8 Å². The number of aryl methyl sites for hydroxylation is 1. The molecule has 2 aliphatic rings. The molecule has 30 heavy (non-hydrogen) atoms. The van der Waals surface area contributed by atoms with E-state index in [0.717, 1.165) is 18.8 Å². The third kappa shape index (κ3) is 4.54. The minimum Gasteiger partial charge on any atom is -0.383 e. The van der Waals surface area contributed by atoms with E-state index >= 15 is 0 Å². The summed E-state index contributed by atoms with van der Waals surface area (Å²) in [7, 11) is 1.62. The van der Waals surface area contributed by atoms with Gasteiger partial charge in [-0.25, -0.2) is 4.98 Å². The maximum Gasteiger partial charge on any atom is 0.274 e. The van der Waals surface area contributed by atoms with Crippen molar-refractivity contribution in [2.24, 2.45) is 0 Å². The van der Waals surface area contributed by atoms with Gasteiger partial charge in [-0.15, -0.1) is 11.3 Å². The van der Waals surface area contributed by atoms with Crippen molar-refractivity contribution in [1.82, 2.24) is 25.1 Å². The van der Waals surface area contributed by atoms with Gasteiger partial charge in [-0.2, -0.15) is 0 Å². The molecule has 0 saturated carbocycles. The molecule has 2 aromatic heterocycles. The fourth-order valence-corrected chi connectivity index (χ4v) is 5.00. The number of hydrogen-bond donors (Lipinski definition) is 2. The van der Waals surface area contributed by atoms with Gasteiger partial charge in [0.1, 0.15) is 11.5 Å². The van der Waals surface area contributed by atoms with Crippen LogP contribution in [0.5, 0.6) is 0 Å². The minimum atomic E-state index is -0.170. The van der Waals surface area contributed by atoms with Crippen molar-refractivity contribution in [3.8, 4) is 0 Å². The fraction of sp³-hybridized carbons (Fsp3) is 0.550. The van der Waals surface area contributed by atoms with Gasteiger partial charge in [0.2, 0.25) is 0 Å². The highest BCUT2D eigenvalue weighted by atomic mass is 35.5. The maximum atomic E-state index is 13.3. The Kier molecular flexibility index (Phi) is 6.43. The Morgan fingerprint density at radius 2 is 2.27 bits per heavy atom. The van der Waals surface area contributed by atoms with Gasteiger partial charge in [0.05, 0.1) is 28.4 Å². The molecule has 0 aliphatic carbocycles. The molecule has 162 valence electrons. The van der Waals surface area contributed by atoms with E-state index in [1.807, 2.05) is 6.20 Å². The van der Waals surface area contributed by atoms with Crippen molar-refractivity contribution in [1.29, 1.82) is 0 Å². The summed E-state index contributed by atoms with van der Waals surface area (Å²) in [6, 6.07) is 3.58.